The van der Waals surface area contributed by atoms with Crippen LogP contribution in [0.2, 0.25) is 5.02 Å². The van der Waals surface area contributed by atoms with Gasteiger partial charge in [0.1, 0.15) is 18.8 Å². The van der Waals surface area contributed by atoms with Gasteiger partial charge in [0.2, 0.25) is 5.91 Å². The molecule has 37 heavy (non-hydrogen) atoms. The Morgan fingerprint density at radius 1 is 1.05 bits per heavy atom. The van der Waals surface area contributed by atoms with Crippen LogP contribution in [0.15, 0.2) is 72.4 Å². The van der Waals surface area contributed by atoms with Gasteiger partial charge in [0.15, 0.2) is 11.5 Å². The van der Waals surface area contributed by atoms with E-state index in [2.05, 4.69) is 10.6 Å². The van der Waals surface area contributed by atoms with Crippen LogP contribution in [-0.4, -0.2) is 35.9 Å². The molecule has 0 saturated carbocycles. The molecule has 0 bridgehead atoms. The number of urea groups is 1. The van der Waals surface area contributed by atoms with Crippen LogP contribution in [0.5, 0.6) is 11.5 Å². The van der Waals surface area contributed by atoms with Crippen molar-refractivity contribution in [3.05, 3.63) is 94.1 Å². The molecule has 0 radical (unpaired) electrons. The second-order valence-electron chi connectivity index (χ2n) is 8.33. The maximum atomic E-state index is 12.9. The smallest absolute Gasteiger partial charge is 0.329 e. The summed E-state index contributed by atoms with van der Waals surface area (Å²) in [6.07, 6.45) is 1.48. The number of hydrogen-bond donors (Lipinski definition) is 2. The summed E-state index contributed by atoms with van der Waals surface area (Å²) in [5.74, 6) is -0.325. The average molecular weight is 520 g/mol. The molecule has 0 spiro atoms. The molecule has 1 aliphatic rings. The molecular weight excluding hydrogens is 494 g/mol. The molecule has 2 N–H and O–H groups in total. The standard InChI is InChI=1S/C28H26ClN3O5/c1-3-36-24-15-20(13-22(29)26(24)37-17-19-9-5-4-6-10-19)14-23-27(34)32(28(35)31-23)16-25(33)30-21-11-7-8-18(2)12-21/h4-15H,3,16-17H2,1-2H3,(H,30,33)(H,31,35)/b23-14+. The number of anilines is 1. The lowest BCUT2D eigenvalue weighted by Gasteiger charge is -2.15. The van der Waals surface area contributed by atoms with Crippen LogP contribution in [-0.2, 0) is 16.2 Å². The van der Waals surface area contributed by atoms with E-state index < -0.39 is 24.4 Å². The number of carbonyl (C=O) groups excluding carboxylic acids is 3. The summed E-state index contributed by atoms with van der Waals surface area (Å²) in [5.41, 5.74) is 3.07. The van der Waals surface area contributed by atoms with E-state index in [4.69, 9.17) is 21.1 Å². The van der Waals surface area contributed by atoms with Crippen molar-refractivity contribution >= 4 is 41.2 Å². The Bertz CT molecular complexity index is 1360. The number of hydrogen-bond acceptors (Lipinski definition) is 5. The highest BCUT2D eigenvalue weighted by Gasteiger charge is 2.35. The van der Waals surface area contributed by atoms with Crippen molar-refractivity contribution in [1.29, 1.82) is 0 Å². The molecule has 3 aromatic rings. The summed E-state index contributed by atoms with van der Waals surface area (Å²) in [5, 5.41) is 5.50. The van der Waals surface area contributed by atoms with Crippen LogP contribution >= 0.6 is 11.6 Å². The molecule has 4 rings (SSSR count). The number of benzene rings is 3. The van der Waals surface area contributed by atoms with Crippen LogP contribution in [0.4, 0.5) is 10.5 Å². The summed E-state index contributed by atoms with van der Waals surface area (Å²) in [7, 11) is 0. The van der Waals surface area contributed by atoms with E-state index in [9.17, 15) is 14.4 Å². The van der Waals surface area contributed by atoms with E-state index in [1.165, 1.54) is 6.08 Å². The number of ether oxygens (including phenoxy) is 2. The molecule has 9 heteroatoms. The zero-order valence-corrected chi connectivity index (χ0v) is 21.2. The molecule has 1 saturated heterocycles. The monoisotopic (exact) mass is 519 g/mol. The highest BCUT2D eigenvalue weighted by molar-refractivity contribution is 6.32. The first-order chi connectivity index (χ1) is 17.8. The van der Waals surface area contributed by atoms with E-state index >= 15 is 0 Å². The number of nitrogens with one attached hydrogen (secondary N) is 2. The van der Waals surface area contributed by atoms with Gasteiger partial charge in [0.25, 0.3) is 5.91 Å². The van der Waals surface area contributed by atoms with Crippen molar-refractivity contribution in [2.45, 2.75) is 20.5 Å². The number of carbonyl (C=O) groups is 3. The van der Waals surface area contributed by atoms with Gasteiger partial charge in [-0.2, -0.15) is 0 Å². The maximum Gasteiger partial charge on any atom is 0.329 e. The number of rotatable bonds is 9. The molecule has 1 heterocycles. The lowest BCUT2D eigenvalue weighted by molar-refractivity contribution is -0.127. The first-order valence-electron chi connectivity index (χ1n) is 11.7. The molecule has 8 nitrogen and oxygen atoms in total. The summed E-state index contributed by atoms with van der Waals surface area (Å²) in [6.45, 7) is 3.98. The lowest BCUT2D eigenvalue weighted by atomic mass is 10.1. The zero-order valence-electron chi connectivity index (χ0n) is 20.4. The lowest BCUT2D eigenvalue weighted by Crippen LogP contribution is -2.38. The highest BCUT2D eigenvalue weighted by atomic mass is 35.5. The van der Waals surface area contributed by atoms with E-state index in [0.717, 1.165) is 16.0 Å². The molecule has 4 amide bonds. The zero-order chi connectivity index (χ0) is 26.4. The molecule has 0 aromatic heterocycles. The fourth-order valence-corrected chi connectivity index (χ4v) is 4.03. The summed E-state index contributed by atoms with van der Waals surface area (Å²) < 4.78 is 11.6. The van der Waals surface area contributed by atoms with E-state index in [0.29, 0.717) is 41.0 Å². The number of imide groups is 1. The van der Waals surface area contributed by atoms with Gasteiger partial charge in [-0.25, -0.2) is 9.69 Å². The SMILES string of the molecule is CCOc1cc(/C=C2/NC(=O)N(CC(=O)Nc3cccc(C)c3)C2=O)cc(Cl)c1OCc1ccccc1. The van der Waals surface area contributed by atoms with Crippen LogP contribution in [0.3, 0.4) is 0 Å². The van der Waals surface area contributed by atoms with Crippen LogP contribution in [0.1, 0.15) is 23.6 Å². The average Bonchev–Trinajstić information content (AvgIpc) is 3.11. The molecule has 0 aliphatic carbocycles. The Morgan fingerprint density at radius 2 is 1.84 bits per heavy atom. The fourth-order valence-electron chi connectivity index (χ4n) is 3.75. The van der Waals surface area contributed by atoms with Gasteiger partial charge in [-0.3, -0.25) is 9.59 Å². The second-order valence-corrected chi connectivity index (χ2v) is 8.74. The summed E-state index contributed by atoms with van der Waals surface area (Å²) >= 11 is 6.50. The fraction of sp³-hybridized carbons (Fsp3) is 0.179. The van der Waals surface area contributed by atoms with Crippen LogP contribution in [0.25, 0.3) is 6.08 Å². The number of halogens is 1. The van der Waals surface area contributed by atoms with E-state index in [-0.39, 0.29) is 5.70 Å². The number of amides is 4. The third-order valence-electron chi connectivity index (χ3n) is 5.43. The molecule has 1 fully saturated rings. The van der Waals surface area contributed by atoms with Gasteiger partial charge < -0.3 is 20.1 Å². The minimum Gasteiger partial charge on any atom is -0.490 e. The minimum atomic E-state index is -0.686. The van der Waals surface area contributed by atoms with E-state index in [1.807, 2.05) is 50.2 Å². The van der Waals surface area contributed by atoms with E-state index in [1.54, 1.807) is 30.3 Å². The maximum absolute atomic E-state index is 12.9. The van der Waals surface area contributed by atoms with Gasteiger partial charge in [0.05, 0.1) is 11.6 Å². The van der Waals surface area contributed by atoms with Gasteiger partial charge in [-0.15, -0.1) is 0 Å². The Balaban J connectivity index is 1.49. The van der Waals surface area contributed by atoms with Gasteiger partial charge >= 0.3 is 6.03 Å². The normalized spacial score (nSPS) is 14.0. The largest absolute Gasteiger partial charge is 0.490 e. The Labute approximate surface area is 219 Å². The first-order valence-corrected chi connectivity index (χ1v) is 12.1. The quantitative estimate of drug-likeness (QED) is 0.301. The molecule has 0 unspecified atom stereocenters. The molecular formula is C28H26ClN3O5. The third kappa shape index (κ3) is 6.48. The van der Waals surface area contributed by atoms with Gasteiger partial charge in [0, 0.05) is 5.69 Å². The number of aryl methyl sites for hydroxylation is 1. The molecule has 1 aliphatic heterocycles. The van der Waals surface area contributed by atoms with Gasteiger partial charge in [-0.05, 0) is 60.9 Å². The van der Waals surface area contributed by atoms with Crippen molar-refractivity contribution in [2.24, 2.45) is 0 Å². The molecule has 3 aromatic carbocycles. The second kappa shape index (κ2) is 11.6. The van der Waals surface area contributed by atoms with Crippen molar-refractivity contribution < 1.29 is 23.9 Å². The topological polar surface area (TPSA) is 97.0 Å². The minimum absolute atomic E-state index is 0.0184. The predicted octanol–water partition coefficient (Wildman–Crippen LogP) is 5.16. The van der Waals surface area contributed by atoms with Crippen molar-refractivity contribution in [1.82, 2.24) is 10.2 Å². The third-order valence-corrected chi connectivity index (χ3v) is 5.72. The van der Waals surface area contributed by atoms with Crippen molar-refractivity contribution in [3.8, 4) is 11.5 Å². The number of nitrogens with zero attached hydrogens (tertiary/aromatic N) is 1. The van der Waals surface area contributed by atoms with Crippen molar-refractivity contribution in [2.75, 3.05) is 18.5 Å². The summed E-state index contributed by atoms with van der Waals surface area (Å²) in [6, 6.07) is 19.5. The Morgan fingerprint density at radius 3 is 2.57 bits per heavy atom. The van der Waals surface area contributed by atoms with Crippen molar-refractivity contribution in [3.63, 3.8) is 0 Å². The van der Waals surface area contributed by atoms with Crippen LogP contribution in [0, 0.1) is 6.92 Å². The molecule has 0 atom stereocenters. The van der Waals surface area contributed by atoms with Gasteiger partial charge in [-0.1, -0.05) is 54.1 Å². The Hall–Kier alpha value is -4.30. The highest BCUT2D eigenvalue weighted by Crippen LogP contribution is 2.38. The first kappa shape index (κ1) is 25.8. The Kier molecular flexibility index (Phi) is 8.10. The predicted molar refractivity (Wildman–Crippen MR) is 141 cm³/mol. The summed E-state index contributed by atoms with van der Waals surface area (Å²) in [4.78, 5) is 38.6. The van der Waals surface area contributed by atoms with Crippen LogP contribution < -0.4 is 20.1 Å². The molecule has 190 valence electrons.